The van der Waals surface area contributed by atoms with E-state index in [9.17, 15) is 9.59 Å². The zero-order valence-electron chi connectivity index (χ0n) is 16.3. The van der Waals surface area contributed by atoms with E-state index in [-0.39, 0.29) is 11.7 Å². The molecule has 6 nitrogen and oxygen atoms in total. The summed E-state index contributed by atoms with van der Waals surface area (Å²) < 4.78 is 5.73. The number of aromatic nitrogens is 2. The van der Waals surface area contributed by atoms with Gasteiger partial charge in [0.15, 0.2) is 0 Å². The van der Waals surface area contributed by atoms with Crippen LogP contribution in [0.5, 0.6) is 0 Å². The zero-order chi connectivity index (χ0) is 21.8. The molecule has 0 saturated carbocycles. The Balaban J connectivity index is 1.52. The average Bonchev–Trinajstić information content (AvgIpc) is 3.22. The zero-order valence-corrected chi connectivity index (χ0v) is 19.5. The van der Waals surface area contributed by atoms with Gasteiger partial charge in [0.05, 0.1) is 23.8 Å². The van der Waals surface area contributed by atoms with Crippen LogP contribution in [0.1, 0.15) is 10.4 Å². The van der Waals surface area contributed by atoms with E-state index in [4.69, 9.17) is 4.74 Å². The van der Waals surface area contributed by atoms with Crippen molar-refractivity contribution in [2.45, 2.75) is 5.03 Å². The van der Waals surface area contributed by atoms with Crippen LogP contribution >= 0.6 is 39.0 Å². The number of thiophene rings is 1. The topological polar surface area (TPSA) is 81.2 Å². The molecule has 1 amide bonds. The molecule has 4 aromatic rings. The van der Waals surface area contributed by atoms with Gasteiger partial charge in [-0.2, -0.15) is 0 Å². The third-order valence-corrected chi connectivity index (χ3v) is 6.80. The second-order valence-electron chi connectivity index (χ2n) is 6.42. The largest absolute Gasteiger partial charge is 0.465 e. The quantitative estimate of drug-likeness (QED) is 0.204. The number of ether oxygens (including phenoxy) is 1. The summed E-state index contributed by atoms with van der Waals surface area (Å²) in [5.41, 5.74) is 3.02. The smallest absolute Gasteiger partial charge is 0.337 e. The minimum Gasteiger partial charge on any atom is -0.465 e. The number of rotatable bonds is 6. The molecule has 1 N–H and O–H groups in total. The third-order valence-electron chi connectivity index (χ3n) is 4.40. The summed E-state index contributed by atoms with van der Waals surface area (Å²) in [5.74, 6) is -0.476. The summed E-state index contributed by atoms with van der Waals surface area (Å²) in [4.78, 5) is 33.9. The SMILES string of the molecule is COC(=O)c1cccc(NC(=O)CSc2ncnc3scc(-c4ccc(Br)cc4)c23)c1. The number of anilines is 1. The summed E-state index contributed by atoms with van der Waals surface area (Å²) in [6, 6.07) is 14.7. The van der Waals surface area contributed by atoms with Crippen LogP contribution in [-0.4, -0.2) is 34.7 Å². The number of nitrogens with one attached hydrogen (secondary N) is 1. The van der Waals surface area contributed by atoms with Crippen LogP contribution in [0, 0.1) is 0 Å². The standard InChI is InChI=1S/C22H16BrN3O3S2/c1-29-22(28)14-3-2-4-16(9-14)26-18(27)11-31-21-19-17(10-30-20(19)24-12-25-21)13-5-7-15(23)8-6-13/h2-10,12H,11H2,1H3,(H,26,27). The van der Waals surface area contributed by atoms with Gasteiger partial charge in [-0.1, -0.05) is 45.9 Å². The van der Waals surface area contributed by atoms with Gasteiger partial charge in [0, 0.05) is 21.1 Å². The highest BCUT2D eigenvalue weighted by atomic mass is 79.9. The maximum Gasteiger partial charge on any atom is 0.337 e. The molecule has 0 bridgehead atoms. The van der Waals surface area contributed by atoms with Gasteiger partial charge in [-0.25, -0.2) is 14.8 Å². The first kappa shape index (κ1) is 21.5. The highest BCUT2D eigenvalue weighted by Gasteiger charge is 2.15. The molecule has 31 heavy (non-hydrogen) atoms. The number of carbonyl (C=O) groups is 2. The molecule has 2 aromatic heterocycles. The van der Waals surface area contributed by atoms with Gasteiger partial charge < -0.3 is 10.1 Å². The average molecular weight is 514 g/mol. The second kappa shape index (κ2) is 9.59. The Morgan fingerprint density at radius 1 is 1.16 bits per heavy atom. The lowest BCUT2D eigenvalue weighted by atomic mass is 10.1. The molecular weight excluding hydrogens is 498 g/mol. The van der Waals surface area contributed by atoms with Crippen molar-refractivity contribution in [1.82, 2.24) is 9.97 Å². The minimum atomic E-state index is -0.452. The summed E-state index contributed by atoms with van der Waals surface area (Å²) in [6.45, 7) is 0. The predicted octanol–water partition coefficient (Wildman–Crippen LogP) is 5.64. The highest BCUT2D eigenvalue weighted by molar-refractivity contribution is 9.10. The van der Waals surface area contributed by atoms with E-state index in [1.165, 1.54) is 25.2 Å². The van der Waals surface area contributed by atoms with Crippen LogP contribution in [-0.2, 0) is 9.53 Å². The van der Waals surface area contributed by atoms with Crippen molar-refractivity contribution >= 4 is 66.8 Å². The van der Waals surface area contributed by atoms with Crippen molar-refractivity contribution in [2.24, 2.45) is 0 Å². The summed E-state index contributed by atoms with van der Waals surface area (Å²) >= 11 is 6.36. The minimum absolute atomic E-state index is 0.171. The monoisotopic (exact) mass is 513 g/mol. The maximum atomic E-state index is 12.5. The van der Waals surface area contributed by atoms with E-state index in [0.29, 0.717) is 11.3 Å². The van der Waals surface area contributed by atoms with Gasteiger partial charge in [0.2, 0.25) is 5.91 Å². The van der Waals surface area contributed by atoms with Crippen LogP contribution in [0.3, 0.4) is 0 Å². The molecule has 2 aromatic carbocycles. The van der Waals surface area contributed by atoms with Crippen molar-refractivity contribution in [3.63, 3.8) is 0 Å². The number of benzene rings is 2. The lowest BCUT2D eigenvalue weighted by molar-refractivity contribution is -0.113. The van der Waals surface area contributed by atoms with Gasteiger partial charge in [-0.15, -0.1) is 11.3 Å². The fourth-order valence-corrected chi connectivity index (χ4v) is 5.03. The van der Waals surface area contributed by atoms with Crippen molar-refractivity contribution in [3.8, 4) is 11.1 Å². The fraction of sp³-hybridized carbons (Fsp3) is 0.0909. The molecule has 156 valence electrons. The predicted molar refractivity (Wildman–Crippen MR) is 128 cm³/mol. The van der Waals surface area contributed by atoms with E-state index in [0.717, 1.165) is 30.8 Å². The van der Waals surface area contributed by atoms with Crippen molar-refractivity contribution in [1.29, 1.82) is 0 Å². The van der Waals surface area contributed by atoms with Crippen LogP contribution in [0.15, 0.2) is 69.7 Å². The number of halogens is 1. The number of methoxy groups -OCH3 is 1. The van der Waals surface area contributed by atoms with Crippen molar-refractivity contribution in [2.75, 3.05) is 18.2 Å². The third kappa shape index (κ3) is 4.95. The summed E-state index contributed by atoms with van der Waals surface area (Å²) in [6.07, 6.45) is 1.52. The number of esters is 1. The molecule has 0 fully saturated rings. The fourth-order valence-electron chi connectivity index (χ4n) is 2.97. The molecule has 0 aliphatic heterocycles. The Kier molecular flexibility index (Phi) is 6.64. The number of carbonyl (C=O) groups excluding carboxylic acids is 2. The molecule has 2 heterocycles. The van der Waals surface area contributed by atoms with Crippen LogP contribution < -0.4 is 5.32 Å². The molecule has 4 rings (SSSR count). The Bertz CT molecular complexity index is 1260. The Morgan fingerprint density at radius 2 is 1.97 bits per heavy atom. The van der Waals surface area contributed by atoms with Gasteiger partial charge in [-0.3, -0.25) is 4.79 Å². The van der Waals surface area contributed by atoms with E-state index >= 15 is 0 Å². The van der Waals surface area contributed by atoms with Crippen LogP contribution in [0.4, 0.5) is 5.69 Å². The van der Waals surface area contributed by atoms with Crippen molar-refractivity contribution in [3.05, 3.63) is 70.3 Å². The number of hydrogen-bond acceptors (Lipinski definition) is 7. The highest BCUT2D eigenvalue weighted by Crippen LogP contribution is 2.38. The first-order valence-electron chi connectivity index (χ1n) is 9.14. The number of thioether (sulfide) groups is 1. The molecule has 0 unspecified atom stereocenters. The van der Waals surface area contributed by atoms with Crippen molar-refractivity contribution < 1.29 is 14.3 Å². The molecule has 9 heteroatoms. The Morgan fingerprint density at radius 3 is 2.74 bits per heavy atom. The van der Waals surface area contributed by atoms with E-state index in [1.54, 1.807) is 35.6 Å². The Labute approximate surface area is 195 Å². The second-order valence-corrected chi connectivity index (χ2v) is 9.16. The number of hydrogen-bond donors (Lipinski definition) is 1. The van der Waals surface area contributed by atoms with Gasteiger partial charge >= 0.3 is 5.97 Å². The molecular formula is C22H16BrN3O3S2. The summed E-state index contributed by atoms with van der Waals surface area (Å²) in [7, 11) is 1.32. The van der Waals surface area contributed by atoms with E-state index in [1.807, 2.05) is 24.3 Å². The van der Waals surface area contributed by atoms with Gasteiger partial charge in [0.1, 0.15) is 16.2 Å². The van der Waals surface area contributed by atoms with Crippen LogP contribution in [0.25, 0.3) is 21.3 Å². The van der Waals surface area contributed by atoms with Crippen LogP contribution in [0.2, 0.25) is 0 Å². The van der Waals surface area contributed by atoms with E-state index < -0.39 is 5.97 Å². The molecule has 0 aliphatic rings. The number of nitrogens with zero attached hydrogens (tertiary/aromatic N) is 2. The molecule has 0 saturated heterocycles. The molecule has 0 radical (unpaired) electrons. The summed E-state index contributed by atoms with van der Waals surface area (Å²) in [5, 5.41) is 6.57. The Hall–Kier alpha value is -2.75. The first-order valence-corrected chi connectivity index (χ1v) is 11.8. The lowest BCUT2D eigenvalue weighted by Crippen LogP contribution is -2.14. The van der Waals surface area contributed by atoms with Gasteiger partial charge in [0.25, 0.3) is 0 Å². The molecule has 0 aliphatic carbocycles. The molecule has 0 spiro atoms. The lowest BCUT2D eigenvalue weighted by Gasteiger charge is -2.08. The van der Waals surface area contributed by atoms with E-state index in [2.05, 4.69) is 36.6 Å². The number of fused-ring (bicyclic) bond motifs is 1. The molecule has 0 atom stereocenters. The van der Waals surface area contributed by atoms with Gasteiger partial charge in [-0.05, 0) is 35.9 Å². The normalized spacial score (nSPS) is 10.8. The maximum absolute atomic E-state index is 12.5. The number of amides is 1. The first-order chi connectivity index (χ1) is 15.0.